The summed E-state index contributed by atoms with van der Waals surface area (Å²) in [4.78, 5) is 6.86. The van der Waals surface area contributed by atoms with E-state index in [1.54, 1.807) is 14.2 Å². The first-order chi connectivity index (χ1) is 11.3. The van der Waals surface area contributed by atoms with E-state index < -0.39 is 0 Å². The van der Waals surface area contributed by atoms with Crippen molar-refractivity contribution in [3.63, 3.8) is 0 Å². The van der Waals surface area contributed by atoms with Crippen molar-refractivity contribution in [2.45, 2.75) is 32.6 Å². The van der Waals surface area contributed by atoms with Crippen LogP contribution >= 0.6 is 0 Å². The molecule has 2 heterocycles. The molecule has 1 aliphatic heterocycles. The summed E-state index contributed by atoms with van der Waals surface area (Å²) < 4.78 is 11.0. The van der Waals surface area contributed by atoms with Crippen LogP contribution in [-0.2, 0) is 0 Å². The summed E-state index contributed by atoms with van der Waals surface area (Å²) in [7, 11) is 3.32. The standard InChI is InChI=1S/C19H24N2O2/c1-4-5-6-7-11-21-12-9-14-13-16(22-2)19(23-3)18-17(14)15(21)8-10-20-18/h8-10,12-13H,4-7,11H2,1-3H3. The molecule has 1 aromatic carbocycles. The molecule has 0 N–H and O–H groups in total. The van der Waals surface area contributed by atoms with Crippen molar-refractivity contribution < 1.29 is 9.47 Å². The summed E-state index contributed by atoms with van der Waals surface area (Å²) in [5, 5.41) is 1.14. The zero-order valence-electron chi connectivity index (χ0n) is 14.1. The number of hydrogen-bond acceptors (Lipinski definition) is 4. The highest BCUT2D eigenvalue weighted by Gasteiger charge is 2.21. The molecule has 1 aromatic heterocycles. The van der Waals surface area contributed by atoms with Crippen molar-refractivity contribution >= 4 is 22.7 Å². The molecule has 3 rings (SSSR count). The largest absolute Gasteiger partial charge is 0.493 e. The van der Waals surface area contributed by atoms with Gasteiger partial charge in [0, 0.05) is 24.3 Å². The Labute approximate surface area is 137 Å². The molecule has 0 radical (unpaired) electrons. The minimum Gasteiger partial charge on any atom is -0.493 e. The molecule has 0 saturated carbocycles. The molecule has 122 valence electrons. The van der Waals surface area contributed by atoms with Gasteiger partial charge in [-0.2, -0.15) is 0 Å². The molecule has 2 aromatic rings. The van der Waals surface area contributed by atoms with Crippen molar-refractivity contribution in [1.82, 2.24) is 4.98 Å². The van der Waals surface area contributed by atoms with Crippen LogP contribution in [0.25, 0.3) is 17.0 Å². The predicted molar refractivity (Wildman–Crippen MR) is 95.4 cm³/mol. The summed E-state index contributed by atoms with van der Waals surface area (Å²) in [6.07, 6.45) is 11.2. The van der Waals surface area contributed by atoms with E-state index in [0.717, 1.165) is 28.8 Å². The topological polar surface area (TPSA) is 34.6 Å². The van der Waals surface area contributed by atoms with Gasteiger partial charge in [-0.15, -0.1) is 0 Å². The zero-order chi connectivity index (χ0) is 16.2. The third-order valence-corrected chi connectivity index (χ3v) is 4.36. The van der Waals surface area contributed by atoms with E-state index in [9.17, 15) is 0 Å². The normalized spacial score (nSPS) is 12.7. The fraction of sp³-hybridized carbons (Fsp3) is 0.421. The molecule has 0 aliphatic carbocycles. The summed E-state index contributed by atoms with van der Waals surface area (Å²) in [6, 6.07) is 4.11. The van der Waals surface area contributed by atoms with Gasteiger partial charge >= 0.3 is 0 Å². The van der Waals surface area contributed by atoms with Gasteiger partial charge in [-0.05, 0) is 30.2 Å². The van der Waals surface area contributed by atoms with Gasteiger partial charge in [0.2, 0.25) is 0 Å². The van der Waals surface area contributed by atoms with Crippen molar-refractivity contribution in [3.05, 3.63) is 30.1 Å². The molecular weight excluding hydrogens is 288 g/mol. The molecule has 0 amide bonds. The van der Waals surface area contributed by atoms with Gasteiger partial charge in [0.25, 0.3) is 0 Å². The second-order valence-electron chi connectivity index (χ2n) is 5.82. The van der Waals surface area contributed by atoms with Crippen molar-refractivity contribution in [2.75, 3.05) is 25.7 Å². The van der Waals surface area contributed by atoms with Gasteiger partial charge in [-0.3, -0.25) is 4.98 Å². The van der Waals surface area contributed by atoms with Gasteiger partial charge < -0.3 is 14.4 Å². The van der Waals surface area contributed by atoms with Crippen molar-refractivity contribution in [1.29, 1.82) is 0 Å². The van der Waals surface area contributed by atoms with E-state index in [2.05, 4.69) is 35.1 Å². The number of ether oxygens (including phenoxy) is 2. The molecule has 0 saturated heterocycles. The second-order valence-corrected chi connectivity index (χ2v) is 5.82. The maximum atomic E-state index is 5.55. The van der Waals surface area contributed by atoms with E-state index >= 15 is 0 Å². The van der Waals surface area contributed by atoms with Gasteiger partial charge in [-0.25, -0.2) is 0 Å². The maximum absolute atomic E-state index is 5.55. The smallest absolute Gasteiger partial charge is 0.187 e. The van der Waals surface area contributed by atoms with Crippen molar-refractivity contribution in [2.24, 2.45) is 0 Å². The quantitative estimate of drug-likeness (QED) is 0.699. The zero-order valence-corrected chi connectivity index (χ0v) is 14.1. The summed E-state index contributed by atoms with van der Waals surface area (Å²) >= 11 is 0. The highest BCUT2D eigenvalue weighted by Crippen LogP contribution is 2.42. The number of nitrogens with zero attached hydrogens (tertiary/aromatic N) is 2. The number of benzene rings is 1. The number of methoxy groups -OCH3 is 2. The van der Waals surface area contributed by atoms with Gasteiger partial charge in [0.05, 0.1) is 19.9 Å². The third kappa shape index (κ3) is 2.85. The summed E-state index contributed by atoms with van der Waals surface area (Å²) in [5.41, 5.74) is 3.19. The summed E-state index contributed by atoms with van der Waals surface area (Å²) in [5.74, 6) is 1.43. The van der Waals surface area contributed by atoms with Gasteiger partial charge in [0.15, 0.2) is 11.5 Å². The Balaban J connectivity index is 2.01. The fourth-order valence-corrected chi connectivity index (χ4v) is 3.18. The molecule has 4 nitrogen and oxygen atoms in total. The van der Waals surface area contributed by atoms with Crippen LogP contribution in [0.5, 0.6) is 11.5 Å². The van der Waals surface area contributed by atoms with E-state index in [1.807, 2.05) is 12.3 Å². The Morgan fingerprint density at radius 3 is 2.74 bits per heavy atom. The molecule has 0 spiro atoms. The fourth-order valence-electron chi connectivity index (χ4n) is 3.18. The Morgan fingerprint density at radius 2 is 2.00 bits per heavy atom. The predicted octanol–water partition coefficient (Wildman–Crippen LogP) is 4.62. The van der Waals surface area contributed by atoms with Crippen LogP contribution in [0.3, 0.4) is 0 Å². The Morgan fingerprint density at radius 1 is 1.13 bits per heavy atom. The Bertz CT molecular complexity index is 725. The first-order valence-corrected chi connectivity index (χ1v) is 8.28. The molecule has 0 unspecified atom stereocenters. The van der Waals surface area contributed by atoms with Crippen LogP contribution < -0.4 is 14.4 Å². The van der Waals surface area contributed by atoms with Crippen molar-refractivity contribution in [3.8, 4) is 11.5 Å². The number of anilines is 1. The van der Waals surface area contributed by atoms with Gasteiger partial charge in [0.1, 0.15) is 5.52 Å². The van der Waals surface area contributed by atoms with E-state index in [1.165, 1.54) is 31.4 Å². The molecule has 1 aliphatic rings. The van der Waals surface area contributed by atoms with Gasteiger partial charge in [-0.1, -0.05) is 26.2 Å². The maximum Gasteiger partial charge on any atom is 0.187 e. The Hall–Kier alpha value is -2.23. The third-order valence-electron chi connectivity index (χ3n) is 4.36. The lowest BCUT2D eigenvalue weighted by atomic mass is 10.0. The number of aromatic nitrogens is 1. The minimum atomic E-state index is 0.703. The second kappa shape index (κ2) is 6.90. The highest BCUT2D eigenvalue weighted by atomic mass is 16.5. The van der Waals surface area contributed by atoms with Crippen LogP contribution in [0.1, 0.15) is 38.2 Å². The molecule has 4 heteroatoms. The molecule has 23 heavy (non-hydrogen) atoms. The first-order valence-electron chi connectivity index (χ1n) is 8.28. The lowest BCUT2D eigenvalue weighted by Gasteiger charge is -2.27. The van der Waals surface area contributed by atoms with E-state index in [0.29, 0.717) is 5.75 Å². The average molecular weight is 312 g/mol. The number of unbranched alkanes of at least 4 members (excludes halogenated alkanes) is 3. The SMILES string of the molecule is CCCCCCN1C=Cc2cc(OC)c(OC)c3nccc1c23. The van der Waals surface area contributed by atoms with Crippen LogP contribution in [0.15, 0.2) is 24.5 Å². The first kappa shape index (κ1) is 15.7. The lowest BCUT2D eigenvalue weighted by Crippen LogP contribution is -2.20. The molecule has 0 bridgehead atoms. The van der Waals surface area contributed by atoms with E-state index in [4.69, 9.17) is 9.47 Å². The monoisotopic (exact) mass is 312 g/mol. The highest BCUT2D eigenvalue weighted by molar-refractivity contribution is 6.04. The minimum absolute atomic E-state index is 0.703. The van der Waals surface area contributed by atoms with Crippen LogP contribution in [-0.4, -0.2) is 25.7 Å². The average Bonchev–Trinajstić information content (AvgIpc) is 2.60. The van der Waals surface area contributed by atoms with E-state index in [-0.39, 0.29) is 0 Å². The molecule has 0 fully saturated rings. The molecular formula is C19H24N2O2. The van der Waals surface area contributed by atoms with Crippen LogP contribution in [0, 0.1) is 0 Å². The molecule has 0 atom stereocenters. The van der Waals surface area contributed by atoms with Crippen LogP contribution in [0.2, 0.25) is 0 Å². The lowest BCUT2D eigenvalue weighted by molar-refractivity contribution is 0.358. The Kier molecular flexibility index (Phi) is 4.70. The summed E-state index contributed by atoms with van der Waals surface area (Å²) in [6.45, 7) is 3.27. The number of pyridine rings is 1. The number of rotatable bonds is 7. The van der Waals surface area contributed by atoms with Crippen LogP contribution in [0.4, 0.5) is 5.69 Å². The number of hydrogen-bond donors (Lipinski definition) is 0.